The second kappa shape index (κ2) is 5.31. The Morgan fingerprint density at radius 2 is 1.86 bits per heavy atom. The minimum absolute atomic E-state index is 0.0852. The fraction of sp³-hybridized carbons (Fsp3) is 0.158. The highest BCUT2D eigenvalue weighted by atomic mass is 35.5. The van der Waals surface area contributed by atoms with Gasteiger partial charge in [0.1, 0.15) is 5.75 Å². The first-order chi connectivity index (χ1) is 10.7. The predicted molar refractivity (Wildman–Crippen MR) is 88.5 cm³/mol. The van der Waals surface area contributed by atoms with Gasteiger partial charge in [0, 0.05) is 28.3 Å². The number of rotatable bonds is 1. The van der Waals surface area contributed by atoms with Crippen molar-refractivity contribution in [1.82, 2.24) is 0 Å². The van der Waals surface area contributed by atoms with Crippen LogP contribution in [0.5, 0.6) is 5.75 Å². The molecule has 22 heavy (non-hydrogen) atoms. The summed E-state index contributed by atoms with van der Waals surface area (Å²) in [5.41, 5.74) is 2.21. The van der Waals surface area contributed by atoms with Crippen molar-refractivity contribution >= 4 is 22.4 Å². The van der Waals surface area contributed by atoms with Gasteiger partial charge in [0.15, 0.2) is 6.29 Å². The molecule has 1 aliphatic rings. The molecule has 0 fully saturated rings. The number of hydrogen-bond acceptors (Lipinski definition) is 2. The van der Waals surface area contributed by atoms with Gasteiger partial charge < -0.3 is 9.84 Å². The van der Waals surface area contributed by atoms with Crippen molar-refractivity contribution in [3.63, 3.8) is 0 Å². The number of hydrogen-bond donors (Lipinski definition) is 1. The monoisotopic (exact) mass is 310 g/mol. The Hall–Kier alpha value is -2.03. The van der Waals surface area contributed by atoms with E-state index in [1.807, 2.05) is 48.5 Å². The van der Waals surface area contributed by atoms with Gasteiger partial charge in [-0.05, 0) is 23.1 Å². The molecular formula is C19H15ClO2. The van der Waals surface area contributed by atoms with E-state index in [4.69, 9.17) is 16.3 Å². The van der Waals surface area contributed by atoms with Crippen LogP contribution in [0.1, 0.15) is 23.5 Å². The van der Waals surface area contributed by atoms with Gasteiger partial charge in [-0.3, -0.25) is 0 Å². The van der Waals surface area contributed by atoms with E-state index in [1.165, 1.54) is 0 Å². The normalized spacial score (nSPS) is 20.5. The van der Waals surface area contributed by atoms with Crippen LogP contribution < -0.4 is 4.74 Å². The van der Waals surface area contributed by atoms with E-state index in [1.54, 1.807) is 0 Å². The highest BCUT2D eigenvalue weighted by molar-refractivity contribution is 6.30. The Morgan fingerprint density at radius 1 is 1.00 bits per heavy atom. The van der Waals surface area contributed by atoms with Gasteiger partial charge in [-0.25, -0.2) is 0 Å². The molecule has 0 unspecified atom stereocenters. The molecule has 0 amide bonds. The van der Waals surface area contributed by atoms with Crippen LogP contribution in [-0.4, -0.2) is 11.4 Å². The largest absolute Gasteiger partial charge is 0.464 e. The molecule has 2 atom stereocenters. The number of ether oxygens (including phenoxy) is 1. The van der Waals surface area contributed by atoms with E-state index < -0.39 is 6.29 Å². The Balaban J connectivity index is 1.92. The standard InChI is InChI=1S/C19H15ClO2/c20-14-6-3-5-13(10-14)17-11-18(21)22-19-15-7-2-1-4-12(15)8-9-16(17)19/h1-10,17-18,21H,11H2/t17-,18-/m0/s1. The lowest BCUT2D eigenvalue weighted by atomic mass is 9.85. The van der Waals surface area contributed by atoms with Crippen molar-refractivity contribution < 1.29 is 9.84 Å². The zero-order valence-corrected chi connectivity index (χ0v) is 12.6. The summed E-state index contributed by atoms with van der Waals surface area (Å²) >= 11 is 6.13. The van der Waals surface area contributed by atoms with Crippen LogP contribution in [0.4, 0.5) is 0 Å². The summed E-state index contributed by atoms with van der Waals surface area (Å²) in [6.45, 7) is 0. The van der Waals surface area contributed by atoms with Gasteiger partial charge in [0.2, 0.25) is 0 Å². The summed E-state index contributed by atoms with van der Waals surface area (Å²) in [5.74, 6) is 0.865. The van der Waals surface area contributed by atoms with Crippen LogP contribution in [0.3, 0.4) is 0 Å². The maximum atomic E-state index is 10.2. The first-order valence-corrected chi connectivity index (χ1v) is 7.72. The van der Waals surface area contributed by atoms with Crippen LogP contribution in [0, 0.1) is 0 Å². The number of benzene rings is 3. The minimum atomic E-state index is -0.803. The van der Waals surface area contributed by atoms with Gasteiger partial charge in [0.25, 0.3) is 0 Å². The zero-order chi connectivity index (χ0) is 15.1. The topological polar surface area (TPSA) is 29.5 Å². The Labute approximate surface area is 133 Å². The Morgan fingerprint density at radius 3 is 2.73 bits per heavy atom. The molecular weight excluding hydrogens is 296 g/mol. The molecule has 0 spiro atoms. The molecule has 110 valence electrons. The van der Waals surface area contributed by atoms with Crippen LogP contribution in [-0.2, 0) is 0 Å². The molecule has 3 aromatic rings. The molecule has 0 saturated heterocycles. The number of halogens is 1. The Kier molecular flexibility index (Phi) is 3.29. The molecule has 1 aliphatic heterocycles. The van der Waals surface area contributed by atoms with Crippen molar-refractivity contribution in [3.8, 4) is 5.75 Å². The van der Waals surface area contributed by atoms with Crippen molar-refractivity contribution in [2.75, 3.05) is 0 Å². The fourth-order valence-corrected chi connectivity index (χ4v) is 3.42. The van der Waals surface area contributed by atoms with Gasteiger partial charge in [0.05, 0.1) is 0 Å². The van der Waals surface area contributed by atoms with E-state index >= 15 is 0 Å². The lowest BCUT2D eigenvalue weighted by Gasteiger charge is -2.30. The Bertz CT molecular complexity index is 844. The van der Waals surface area contributed by atoms with E-state index in [9.17, 15) is 5.11 Å². The van der Waals surface area contributed by atoms with Crippen LogP contribution >= 0.6 is 11.6 Å². The average Bonchev–Trinajstić information content (AvgIpc) is 2.54. The lowest BCUT2D eigenvalue weighted by molar-refractivity contribution is -0.0347. The molecule has 2 nitrogen and oxygen atoms in total. The van der Waals surface area contributed by atoms with Gasteiger partial charge >= 0.3 is 0 Å². The highest BCUT2D eigenvalue weighted by Crippen LogP contribution is 2.43. The molecule has 0 radical (unpaired) electrons. The minimum Gasteiger partial charge on any atom is -0.464 e. The zero-order valence-electron chi connectivity index (χ0n) is 11.9. The maximum absolute atomic E-state index is 10.2. The first-order valence-electron chi connectivity index (χ1n) is 7.34. The second-order valence-corrected chi connectivity index (χ2v) is 6.06. The summed E-state index contributed by atoms with van der Waals surface area (Å²) in [7, 11) is 0. The summed E-state index contributed by atoms with van der Waals surface area (Å²) in [4.78, 5) is 0. The first kappa shape index (κ1) is 13.6. The van der Waals surface area contributed by atoms with Crippen LogP contribution in [0.25, 0.3) is 10.8 Å². The van der Waals surface area contributed by atoms with E-state index in [2.05, 4.69) is 12.1 Å². The summed E-state index contributed by atoms with van der Waals surface area (Å²) in [6, 6.07) is 20.1. The number of aliphatic hydroxyl groups excluding tert-OH is 1. The lowest BCUT2D eigenvalue weighted by Crippen LogP contribution is -2.25. The van der Waals surface area contributed by atoms with Gasteiger partial charge in [-0.1, -0.05) is 60.1 Å². The van der Waals surface area contributed by atoms with Crippen molar-refractivity contribution in [3.05, 3.63) is 76.8 Å². The highest BCUT2D eigenvalue weighted by Gasteiger charge is 2.29. The van der Waals surface area contributed by atoms with Crippen molar-refractivity contribution in [1.29, 1.82) is 0 Å². The molecule has 1 N–H and O–H groups in total. The molecule has 0 aromatic heterocycles. The smallest absolute Gasteiger partial charge is 0.198 e. The predicted octanol–water partition coefficient (Wildman–Crippen LogP) is 4.73. The van der Waals surface area contributed by atoms with Crippen LogP contribution in [0.15, 0.2) is 60.7 Å². The average molecular weight is 311 g/mol. The number of fused-ring (bicyclic) bond motifs is 3. The van der Waals surface area contributed by atoms with Crippen molar-refractivity contribution in [2.24, 2.45) is 0 Å². The SMILES string of the molecule is O[C@@H]1C[C@@H](c2cccc(Cl)c2)c2ccc3ccccc3c2O1. The third-order valence-electron chi connectivity index (χ3n) is 4.23. The molecule has 0 saturated carbocycles. The van der Waals surface area contributed by atoms with Crippen LogP contribution in [0.2, 0.25) is 5.02 Å². The molecule has 3 aromatic carbocycles. The fourth-order valence-electron chi connectivity index (χ4n) is 3.22. The molecule has 3 heteroatoms. The third kappa shape index (κ3) is 2.25. The molecule has 0 bridgehead atoms. The maximum Gasteiger partial charge on any atom is 0.198 e. The van der Waals surface area contributed by atoms with E-state index in [0.29, 0.717) is 11.4 Å². The summed E-state index contributed by atoms with van der Waals surface area (Å²) < 4.78 is 5.75. The summed E-state index contributed by atoms with van der Waals surface area (Å²) in [6.07, 6.45) is -0.270. The van der Waals surface area contributed by atoms with Gasteiger partial charge in [-0.15, -0.1) is 0 Å². The molecule has 1 heterocycles. The van der Waals surface area contributed by atoms with Crippen molar-refractivity contribution in [2.45, 2.75) is 18.6 Å². The number of aliphatic hydroxyl groups is 1. The molecule has 0 aliphatic carbocycles. The van der Waals surface area contributed by atoms with E-state index in [-0.39, 0.29) is 5.92 Å². The van der Waals surface area contributed by atoms with Gasteiger partial charge in [-0.2, -0.15) is 0 Å². The molecule has 4 rings (SSSR count). The quantitative estimate of drug-likeness (QED) is 0.704. The summed E-state index contributed by atoms with van der Waals surface area (Å²) in [5, 5.41) is 13.0. The van der Waals surface area contributed by atoms with E-state index in [0.717, 1.165) is 27.6 Å². The second-order valence-electron chi connectivity index (χ2n) is 5.62. The third-order valence-corrected chi connectivity index (χ3v) is 4.46.